The summed E-state index contributed by atoms with van der Waals surface area (Å²) < 4.78 is 38.6. The molecule has 0 unspecified atom stereocenters. The predicted molar refractivity (Wildman–Crippen MR) is 117 cm³/mol. The van der Waals surface area contributed by atoms with Crippen molar-refractivity contribution in [2.24, 2.45) is 0 Å². The first-order valence-corrected chi connectivity index (χ1v) is 10.8. The van der Waals surface area contributed by atoms with Crippen LogP contribution in [-0.4, -0.2) is 41.6 Å². The number of carbonyl (C=O) groups is 1. The summed E-state index contributed by atoms with van der Waals surface area (Å²) >= 11 is 0. The number of likely N-dealkylation sites (tertiary alicyclic amines) is 1. The minimum Gasteiger partial charge on any atom is -0.369 e. The number of carbonyl (C=O) groups excluding carboxylic acids is 1. The van der Waals surface area contributed by atoms with Crippen molar-refractivity contribution in [1.82, 2.24) is 20.8 Å². The Kier molecular flexibility index (Phi) is 7.05. The maximum absolute atomic E-state index is 12.9. The lowest BCUT2D eigenvalue weighted by molar-refractivity contribution is -0.137. The predicted octanol–water partition coefficient (Wildman–Crippen LogP) is 4.08. The summed E-state index contributed by atoms with van der Waals surface area (Å²) in [5.74, 6) is 0.152. The van der Waals surface area contributed by atoms with Gasteiger partial charge in [-0.25, -0.2) is 4.79 Å². The molecular formula is C23H26F3N5O2. The van der Waals surface area contributed by atoms with Gasteiger partial charge in [-0.1, -0.05) is 42.0 Å². The molecular weight excluding hydrogens is 435 g/mol. The second-order valence-corrected chi connectivity index (χ2v) is 8.10. The second-order valence-electron chi connectivity index (χ2n) is 8.10. The summed E-state index contributed by atoms with van der Waals surface area (Å²) in [5.41, 5.74) is 3.19. The third-order valence-electron chi connectivity index (χ3n) is 5.58. The third kappa shape index (κ3) is 6.39. The van der Waals surface area contributed by atoms with Crippen molar-refractivity contribution in [3.05, 3.63) is 77.8 Å². The van der Waals surface area contributed by atoms with Gasteiger partial charge in [0.2, 0.25) is 5.88 Å². The molecule has 1 saturated heterocycles. The van der Waals surface area contributed by atoms with Crippen LogP contribution in [0.25, 0.3) is 0 Å². The highest BCUT2D eigenvalue weighted by Gasteiger charge is 2.31. The van der Waals surface area contributed by atoms with Crippen LogP contribution in [0.15, 0.2) is 66.7 Å². The van der Waals surface area contributed by atoms with Gasteiger partial charge in [-0.3, -0.25) is 10.3 Å². The maximum atomic E-state index is 12.9. The second kappa shape index (κ2) is 10.1. The lowest BCUT2D eigenvalue weighted by Gasteiger charge is -2.29. The van der Waals surface area contributed by atoms with Gasteiger partial charge >= 0.3 is 12.2 Å². The van der Waals surface area contributed by atoms with Gasteiger partial charge in [-0.15, -0.1) is 0 Å². The van der Waals surface area contributed by atoms with Crippen LogP contribution in [0.1, 0.15) is 24.0 Å². The van der Waals surface area contributed by atoms with Crippen LogP contribution < -0.4 is 16.2 Å². The average Bonchev–Trinajstić information content (AvgIpc) is 3.46. The fourth-order valence-electron chi connectivity index (χ4n) is 3.97. The van der Waals surface area contributed by atoms with E-state index in [0.717, 1.165) is 38.2 Å². The van der Waals surface area contributed by atoms with Crippen molar-refractivity contribution in [2.75, 3.05) is 25.0 Å². The monoisotopic (exact) mass is 461 g/mol. The third-order valence-corrected chi connectivity index (χ3v) is 5.58. The molecule has 2 heterocycles. The lowest BCUT2D eigenvalue weighted by Crippen LogP contribution is -2.46. The van der Waals surface area contributed by atoms with Crippen LogP contribution in [-0.2, 0) is 17.4 Å². The summed E-state index contributed by atoms with van der Waals surface area (Å²) in [5, 5.41) is 6.73. The number of hydrogen-bond acceptors (Lipinski definition) is 5. The van der Waals surface area contributed by atoms with Crippen LogP contribution in [0.5, 0.6) is 0 Å². The molecule has 1 fully saturated rings. The van der Waals surface area contributed by atoms with Crippen LogP contribution >= 0.6 is 0 Å². The minimum atomic E-state index is -4.49. The Morgan fingerprint density at radius 1 is 1.06 bits per heavy atom. The molecule has 0 aromatic heterocycles. The van der Waals surface area contributed by atoms with Crippen molar-refractivity contribution < 1.29 is 22.8 Å². The Hall–Kier alpha value is -3.24. The first-order chi connectivity index (χ1) is 15.9. The molecule has 33 heavy (non-hydrogen) atoms. The molecule has 0 spiro atoms. The normalized spacial score (nSPS) is 17.4. The molecule has 2 amide bonds. The molecule has 0 aliphatic carbocycles. The summed E-state index contributed by atoms with van der Waals surface area (Å²) in [6, 6.07) is 13.9. The molecule has 7 nitrogen and oxygen atoms in total. The van der Waals surface area contributed by atoms with Crippen molar-refractivity contribution in [3.63, 3.8) is 0 Å². The number of urea groups is 1. The largest absolute Gasteiger partial charge is 0.416 e. The van der Waals surface area contributed by atoms with Gasteiger partial charge < -0.3 is 15.1 Å². The molecule has 0 bridgehead atoms. The minimum absolute atomic E-state index is 0.0294. The van der Waals surface area contributed by atoms with Crippen molar-refractivity contribution >= 4 is 11.7 Å². The van der Waals surface area contributed by atoms with Gasteiger partial charge in [-0.05, 0) is 56.1 Å². The number of hydrazine groups is 1. The van der Waals surface area contributed by atoms with Gasteiger partial charge in [0.05, 0.1) is 17.8 Å². The molecule has 2 aliphatic rings. The zero-order chi connectivity index (χ0) is 23.3. The molecule has 10 heteroatoms. The highest BCUT2D eigenvalue weighted by molar-refractivity contribution is 5.90. The van der Waals surface area contributed by atoms with E-state index in [-0.39, 0.29) is 17.6 Å². The number of anilines is 1. The summed E-state index contributed by atoms with van der Waals surface area (Å²) in [7, 11) is 0. The SMILES string of the molecule is O=C(NC1=CN([C@@H](Cc2ccccc2)CN2CCCC2)NO1)Nc1cccc(C(F)(F)F)c1. The average molecular weight is 461 g/mol. The Morgan fingerprint density at radius 3 is 2.55 bits per heavy atom. The van der Waals surface area contributed by atoms with E-state index >= 15 is 0 Å². The van der Waals surface area contributed by atoms with Crippen molar-refractivity contribution in [1.29, 1.82) is 0 Å². The number of nitrogens with one attached hydrogen (secondary N) is 3. The molecule has 176 valence electrons. The molecule has 2 aromatic carbocycles. The summed E-state index contributed by atoms with van der Waals surface area (Å²) in [4.78, 5) is 20.1. The van der Waals surface area contributed by atoms with Crippen LogP contribution in [0.3, 0.4) is 0 Å². The molecule has 0 radical (unpaired) electrons. The molecule has 3 N–H and O–H groups in total. The van der Waals surface area contributed by atoms with E-state index in [2.05, 4.69) is 33.3 Å². The number of alkyl halides is 3. The summed E-state index contributed by atoms with van der Waals surface area (Å²) in [6.45, 7) is 2.92. The van der Waals surface area contributed by atoms with Crippen LogP contribution in [0, 0.1) is 0 Å². The fraction of sp³-hybridized carbons (Fsp3) is 0.348. The number of benzene rings is 2. The fourth-order valence-corrected chi connectivity index (χ4v) is 3.97. The maximum Gasteiger partial charge on any atom is 0.416 e. The van der Waals surface area contributed by atoms with Gasteiger partial charge in [-0.2, -0.15) is 13.2 Å². The van der Waals surface area contributed by atoms with E-state index in [1.54, 1.807) is 6.20 Å². The zero-order valence-corrected chi connectivity index (χ0v) is 17.9. The number of amides is 2. The first-order valence-electron chi connectivity index (χ1n) is 10.8. The number of rotatable bonds is 7. The zero-order valence-electron chi connectivity index (χ0n) is 17.9. The van der Waals surface area contributed by atoms with Gasteiger partial charge in [0, 0.05) is 12.2 Å². The van der Waals surface area contributed by atoms with Gasteiger partial charge in [0.15, 0.2) is 0 Å². The number of nitrogens with zero attached hydrogens (tertiary/aromatic N) is 2. The Labute approximate surface area is 190 Å². The highest BCUT2D eigenvalue weighted by Crippen LogP contribution is 2.30. The van der Waals surface area contributed by atoms with Crippen molar-refractivity contribution in [2.45, 2.75) is 31.5 Å². The van der Waals surface area contributed by atoms with E-state index in [1.807, 2.05) is 23.2 Å². The van der Waals surface area contributed by atoms with E-state index < -0.39 is 17.8 Å². The lowest BCUT2D eigenvalue weighted by atomic mass is 10.1. The summed E-state index contributed by atoms with van der Waals surface area (Å²) in [6.07, 6.45) is 0.294. The topological polar surface area (TPSA) is 68.9 Å². The Morgan fingerprint density at radius 2 is 1.82 bits per heavy atom. The highest BCUT2D eigenvalue weighted by atomic mass is 19.4. The smallest absolute Gasteiger partial charge is 0.369 e. The Bertz CT molecular complexity index is 978. The molecule has 2 aromatic rings. The molecule has 1 atom stereocenters. The van der Waals surface area contributed by atoms with Crippen LogP contribution in [0.2, 0.25) is 0 Å². The van der Waals surface area contributed by atoms with E-state index in [1.165, 1.54) is 30.5 Å². The first kappa shape index (κ1) is 22.9. The molecule has 2 aliphatic heterocycles. The van der Waals surface area contributed by atoms with Crippen LogP contribution in [0.4, 0.5) is 23.7 Å². The van der Waals surface area contributed by atoms with E-state index in [0.29, 0.717) is 0 Å². The van der Waals surface area contributed by atoms with Gasteiger partial charge in [0.1, 0.15) is 0 Å². The molecule has 4 rings (SSSR count). The molecule has 0 saturated carbocycles. The quantitative estimate of drug-likeness (QED) is 0.580. The van der Waals surface area contributed by atoms with E-state index in [4.69, 9.17) is 4.84 Å². The van der Waals surface area contributed by atoms with Crippen molar-refractivity contribution in [3.8, 4) is 0 Å². The van der Waals surface area contributed by atoms with E-state index in [9.17, 15) is 18.0 Å². The number of hydrogen-bond donors (Lipinski definition) is 3. The number of halogens is 3. The Balaban J connectivity index is 1.39. The standard InChI is InChI=1S/C23H26F3N5O2/c24-23(25,26)18-9-6-10-19(14-18)27-22(32)28-21-16-31(29-33-21)20(15-30-11-4-5-12-30)13-17-7-2-1-3-8-17/h1-3,6-10,14,16,20,29H,4-5,11-13,15H2,(H2,27,28,32)/t20-/m0/s1. The van der Waals surface area contributed by atoms with Gasteiger partial charge in [0.25, 0.3) is 0 Å².